The Morgan fingerprint density at radius 3 is 1.66 bits per heavy atom. The number of aromatic nitrogens is 5. The molecule has 5 nitrogen and oxygen atoms in total. The molecule has 14 rings (SSSR count). The molecule has 67 heavy (non-hydrogen) atoms. The Morgan fingerprint density at radius 1 is 0.299 bits per heavy atom. The maximum Gasteiger partial charge on any atom is 0.164 e. The van der Waals surface area contributed by atoms with Crippen molar-refractivity contribution in [3.63, 3.8) is 0 Å². The standard InChI is InChI=1S/C61H37N5S/c1-3-16-38(17-4-1)59-62-60(41-30-33-55-51(35-41)44-22-9-12-27-53(44)65(55)42-20-5-2-6-21-42)64-61(63-59)49-32-31-43(37-50(49)48-26-15-25-47-46-24-11-14-29-57(46)67-58(47)48)66-54-28-13-10-23-45(54)52-34-39-18-7-8-19-40(39)36-56(52)66/h1-37H. The van der Waals surface area contributed by atoms with Crippen molar-refractivity contribution < 1.29 is 0 Å². The van der Waals surface area contributed by atoms with E-state index in [0.717, 1.165) is 66.6 Å². The van der Waals surface area contributed by atoms with Crippen molar-refractivity contribution in [2.75, 3.05) is 0 Å². The molecule has 0 amide bonds. The van der Waals surface area contributed by atoms with Crippen LogP contribution in [-0.2, 0) is 0 Å². The van der Waals surface area contributed by atoms with Crippen LogP contribution in [0.25, 0.3) is 131 Å². The van der Waals surface area contributed by atoms with Gasteiger partial charge in [-0.1, -0.05) is 146 Å². The summed E-state index contributed by atoms with van der Waals surface area (Å²) in [7, 11) is 0. The molecule has 4 aromatic heterocycles. The Kier molecular flexibility index (Phi) is 8.38. The van der Waals surface area contributed by atoms with Crippen LogP contribution < -0.4 is 0 Å². The van der Waals surface area contributed by atoms with Gasteiger partial charge in [-0.3, -0.25) is 0 Å². The molecule has 0 aliphatic heterocycles. The molecule has 0 aliphatic carbocycles. The lowest BCUT2D eigenvalue weighted by molar-refractivity contribution is 1.07. The molecule has 0 aliphatic rings. The second-order valence-electron chi connectivity index (χ2n) is 17.2. The molecule has 4 heterocycles. The molecule has 0 saturated heterocycles. The Labute approximate surface area is 389 Å². The number of hydrogen-bond acceptors (Lipinski definition) is 4. The van der Waals surface area contributed by atoms with E-state index in [2.05, 4.69) is 215 Å². The summed E-state index contributed by atoms with van der Waals surface area (Å²) in [6.07, 6.45) is 0. The highest BCUT2D eigenvalue weighted by Gasteiger charge is 2.22. The molecule has 0 N–H and O–H groups in total. The van der Waals surface area contributed by atoms with Crippen LogP contribution in [0, 0.1) is 0 Å². The van der Waals surface area contributed by atoms with Gasteiger partial charge in [0.2, 0.25) is 0 Å². The first-order valence-corrected chi connectivity index (χ1v) is 23.4. The summed E-state index contributed by atoms with van der Waals surface area (Å²) in [6, 6.07) is 80.4. The van der Waals surface area contributed by atoms with Crippen LogP contribution in [-0.4, -0.2) is 24.1 Å². The van der Waals surface area contributed by atoms with Gasteiger partial charge in [-0.05, 0) is 95.2 Å². The molecular weight excluding hydrogens is 835 g/mol. The molecule has 6 heteroatoms. The number of thiophene rings is 1. The second kappa shape index (κ2) is 14.9. The highest BCUT2D eigenvalue weighted by atomic mass is 32.1. The van der Waals surface area contributed by atoms with Crippen molar-refractivity contribution in [2.24, 2.45) is 0 Å². The fraction of sp³-hybridized carbons (Fsp3) is 0. The lowest BCUT2D eigenvalue weighted by atomic mass is 9.96. The van der Waals surface area contributed by atoms with Gasteiger partial charge in [0, 0.05) is 75.3 Å². The van der Waals surface area contributed by atoms with Crippen LogP contribution >= 0.6 is 11.3 Å². The SMILES string of the molecule is c1ccc(-c2nc(-c3ccc4c(c3)c3ccccc3n4-c3ccccc3)nc(-c3ccc(-n4c5ccccc5c5cc6ccccc6cc54)cc3-c3cccc4c3sc3ccccc34)n2)cc1. The zero-order valence-electron chi connectivity index (χ0n) is 36.0. The van der Waals surface area contributed by atoms with Gasteiger partial charge in [-0.2, -0.15) is 0 Å². The first-order valence-electron chi connectivity index (χ1n) is 22.6. The summed E-state index contributed by atoms with van der Waals surface area (Å²) in [5.74, 6) is 1.85. The first-order chi connectivity index (χ1) is 33.2. The van der Waals surface area contributed by atoms with Gasteiger partial charge in [0.05, 0.1) is 22.1 Å². The topological polar surface area (TPSA) is 48.5 Å². The number of benzene rings is 10. The molecule has 10 aromatic carbocycles. The fourth-order valence-electron chi connectivity index (χ4n) is 10.3. The summed E-state index contributed by atoms with van der Waals surface area (Å²) in [4.78, 5) is 16.1. The predicted molar refractivity (Wildman–Crippen MR) is 281 cm³/mol. The Hall–Kier alpha value is -8.71. The molecule has 0 radical (unpaired) electrons. The predicted octanol–water partition coefficient (Wildman–Crippen LogP) is 16.3. The molecule has 312 valence electrons. The highest BCUT2D eigenvalue weighted by Crippen LogP contribution is 2.45. The van der Waals surface area contributed by atoms with E-state index < -0.39 is 0 Å². The first kappa shape index (κ1) is 37.6. The second-order valence-corrected chi connectivity index (χ2v) is 18.2. The van der Waals surface area contributed by atoms with Crippen molar-refractivity contribution in [2.45, 2.75) is 0 Å². The number of hydrogen-bond donors (Lipinski definition) is 0. The maximum atomic E-state index is 5.45. The maximum absolute atomic E-state index is 5.45. The number of rotatable bonds is 6. The lowest BCUT2D eigenvalue weighted by Crippen LogP contribution is -2.02. The lowest BCUT2D eigenvalue weighted by Gasteiger charge is -2.16. The van der Waals surface area contributed by atoms with Gasteiger partial charge in [0.1, 0.15) is 0 Å². The van der Waals surface area contributed by atoms with Crippen LogP contribution in [0.4, 0.5) is 0 Å². The molecule has 0 fully saturated rings. The van der Waals surface area contributed by atoms with E-state index in [-0.39, 0.29) is 0 Å². The number of fused-ring (bicyclic) bond motifs is 10. The highest BCUT2D eigenvalue weighted by molar-refractivity contribution is 7.26. The van der Waals surface area contributed by atoms with Crippen molar-refractivity contribution >= 4 is 85.9 Å². The smallest absolute Gasteiger partial charge is 0.164 e. The summed E-state index contributed by atoms with van der Waals surface area (Å²) in [5, 5.41) is 9.69. The van der Waals surface area contributed by atoms with E-state index in [1.807, 2.05) is 29.5 Å². The minimum atomic E-state index is 0.614. The third kappa shape index (κ3) is 5.97. The fourth-order valence-corrected chi connectivity index (χ4v) is 11.5. The average molecular weight is 872 g/mol. The van der Waals surface area contributed by atoms with Gasteiger partial charge >= 0.3 is 0 Å². The van der Waals surface area contributed by atoms with Crippen LogP contribution in [0.2, 0.25) is 0 Å². The molecular formula is C61H37N5S. The molecule has 0 bridgehead atoms. The number of nitrogens with zero attached hydrogens (tertiary/aromatic N) is 5. The Bertz CT molecular complexity index is 4280. The third-order valence-corrected chi connectivity index (χ3v) is 14.6. The minimum absolute atomic E-state index is 0.614. The van der Waals surface area contributed by atoms with E-state index in [1.54, 1.807) is 0 Å². The normalized spacial score (nSPS) is 11.9. The van der Waals surface area contributed by atoms with Crippen molar-refractivity contribution in [1.29, 1.82) is 0 Å². The van der Waals surface area contributed by atoms with Gasteiger partial charge in [0.25, 0.3) is 0 Å². The van der Waals surface area contributed by atoms with Crippen LogP contribution in [0.15, 0.2) is 224 Å². The summed E-state index contributed by atoms with van der Waals surface area (Å²) >= 11 is 1.84. The molecule has 0 unspecified atom stereocenters. The van der Waals surface area contributed by atoms with E-state index in [1.165, 1.54) is 47.1 Å². The Morgan fingerprint density at radius 2 is 0.881 bits per heavy atom. The average Bonchev–Trinajstić information content (AvgIpc) is 4.05. The monoisotopic (exact) mass is 871 g/mol. The summed E-state index contributed by atoms with van der Waals surface area (Å²) in [5.41, 5.74) is 11.8. The van der Waals surface area contributed by atoms with Crippen LogP contribution in [0.3, 0.4) is 0 Å². The van der Waals surface area contributed by atoms with Crippen molar-refractivity contribution in [3.8, 4) is 56.7 Å². The summed E-state index contributed by atoms with van der Waals surface area (Å²) < 4.78 is 7.25. The van der Waals surface area contributed by atoms with Gasteiger partial charge < -0.3 is 9.13 Å². The molecule has 0 saturated carbocycles. The van der Waals surface area contributed by atoms with Gasteiger partial charge in [-0.15, -0.1) is 11.3 Å². The van der Waals surface area contributed by atoms with Crippen LogP contribution in [0.1, 0.15) is 0 Å². The van der Waals surface area contributed by atoms with E-state index in [0.29, 0.717) is 17.5 Å². The largest absolute Gasteiger partial charge is 0.309 e. The molecule has 0 spiro atoms. The van der Waals surface area contributed by atoms with E-state index >= 15 is 0 Å². The third-order valence-electron chi connectivity index (χ3n) is 13.3. The van der Waals surface area contributed by atoms with Gasteiger partial charge in [-0.25, -0.2) is 15.0 Å². The Balaban J connectivity index is 1.04. The van der Waals surface area contributed by atoms with Gasteiger partial charge in [0.15, 0.2) is 17.5 Å². The zero-order chi connectivity index (χ0) is 44.0. The minimum Gasteiger partial charge on any atom is -0.309 e. The zero-order valence-corrected chi connectivity index (χ0v) is 36.8. The van der Waals surface area contributed by atoms with E-state index in [4.69, 9.17) is 15.0 Å². The van der Waals surface area contributed by atoms with Crippen molar-refractivity contribution in [1.82, 2.24) is 24.1 Å². The van der Waals surface area contributed by atoms with E-state index in [9.17, 15) is 0 Å². The summed E-state index contributed by atoms with van der Waals surface area (Å²) in [6.45, 7) is 0. The number of para-hydroxylation sites is 3. The van der Waals surface area contributed by atoms with Crippen LogP contribution in [0.5, 0.6) is 0 Å². The quantitative estimate of drug-likeness (QED) is 0.167. The van der Waals surface area contributed by atoms with Crippen molar-refractivity contribution in [3.05, 3.63) is 224 Å². The molecule has 14 aromatic rings. The molecule has 0 atom stereocenters.